The molecule has 1 aliphatic rings. The molecule has 2 unspecified atom stereocenters. The molecule has 0 aromatic carbocycles. The number of nitrogens with two attached hydrogens (primary N) is 1. The number of hydrogen-bond acceptors (Lipinski definition) is 4. The third-order valence-electron chi connectivity index (χ3n) is 3.24. The Labute approximate surface area is 91.8 Å². The van der Waals surface area contributed by atoms with Crippen LogP contribution in [0.3, 0.4) is 0 Å². The first-order chi connectivity index (χ1) is 7.22. The minimum absolute atomic E-state index is 0.0694. The van der Waals surface area contributed by atoms with Gasteiger partial charge in [-0.25, -0.2) is 0 Å². The third-order valence-corrected chi connectivity index (χ3v) is 3.24. The number of likely N-dealkylation sites (tertiary alicyclic amines) is 1. The summed E-state index contributed by atoms with van der Waals surface area (Å²) in [5, 5.41) is 0. The number of rotatable bonds is 5. The molecule has 4 nitrogen and oxygen atoms in total. The molecule has 4 heteroatoms. The molecule has 0 radical (unpaired) electrons. The van der Waals surface area contributed by atoms with E-state index in [1.165, 1.54) is 7.11 Å². The van der Waals surface area contributed by atoms with Gasteiger partial charge in [0.15, 0.2) is 0 Å². The summed E-state index contributed by atoms with van der Waals surface area (Å²) in [6.07, 6.45) is 3.04. The van der Waals surface area contributed by atoms with E-state index in [0.717, 1.165) is 38.9 Å². The lowest BCUT2D eigenvalue weighted by Crippen LogP contribution is -2.35. The first-order valence-electron chi connectivity index (χ1n) is 5.74. The largest absolute Gasteiger partial charge is 0.469 e. The fourth-order valence-corrected chi connectivity index (χ4v) is 2.32. The van der Waals surface area contributed by atoms with Crippen LogP contribution in [0, 0.1) is 5.92 Å². The molecule has 1 rings (SSSR count). The minimum atomic E-state index is -0.0694. The van der Waals surface area contributed by atoms with Gasteiger partial charge in [-0.2, -0.15) is 0 Å². The summed E-state index contributed by atoms with van der Waals surface area (Å²) in [6.45, 7) is 4.73. The number of hydrogen-bond donors (Lipinski definition) is 1. The summed E-state index contributed by atoms with van der Waals surface area (Å²) in [5.74, 6) is 0.00178. The van der Waals surface area contributed by atoms with Crippen molar-refractivity contribution in [2.75, 3.05) is 26.7 Å². The lowest BCUT2D eigenvalue weighted by Gasteiger charge is -2.26. The van der Waals surface area contributed by atoms with Crippen molar-refractivity contribution >= 4 is 5.97 Å². The lowest BCUT2D eigenvalue weighted by atomic mass is 10.1. The smallest absolute Gasteiger partial charge is 0.310 e. The third kappa shape index (κ3) is 3.18. The van der Waals surface area contributed by atoms with Crippen molar-refractivity contribution in [2.24, 2.45) is 11.7 Å². The maximum absolute atomic E-state index is 11.4. The van der Waals surface area contributed by atoms with Gasteiger partial charge in [0.2, 0.25) is 0 Å². The van der Waals surface area contributed by atoms with Crippen LogP contribution in [-0.4, -0.2) is 43.7 Å². The Balaban J connectivity index is 2.43. The van der Waals surface area contributed by atoms with Gasteiger partial charge in [-0.15, -0.1) is 0 Å². The zero-order valence-corrected chi connectivity index (χ0v) is 9.74. The van der Waals surface area contributed by atoms with E-state index < -0.39 is 0 Å². The van der Waals surface area contributed by atoms with Crippen molar-refractivity contribution in [3.8, 4) is 0 Å². The highest BCUT2D eigenvalue weighted by Gasteiger charge is 2.31. The monoisotopic (exact) mass is 214 g/mol. The van der Waals surface area contributed by atoms with Crippen molar-refractivity contribution in [3.63, 3.8) is 0 Å². The molecule has 0 saturated carbocycles. The summed E-state index contributed by atoms with van der Waals surface area (Å²) in [7, 11) is 1.46. The number of ether oxygens (including phenoxy) is 1. The first kappa shape index (κ1) is 12.5. The van der Waals surface area contributed by atoms with Gasteiger partial charge >= 0.3 is 5.97 Å². The van der Waals surface area contributed by atoms with Crippen LogP contribution in [0.5, 0.6) is 0 Å². The van der Waals surface area contributed by atoms with Crippen molar-refractivity contribution in [2.45, 2.75) is 32.2 Å². The molecule has 0 aromatic rings. The highest BCUT2D eigenvalue weighted by Crippen LogP contribution is 2.22. The molecule has 2 atom stereocenters. The van der Waals surface area contributed by atoms with Gasteiger partial charge in [-0.1, -0.05) is 6.92 Å². The van der Waals surface area contributed by atoms with Gasteiger partial charge < -0.3 is 10.5 Å². The van der Waals surface area contributed by atoms with Crippen molar-refractivity contribution in [1.82, 2.24) is 4.90 Å². The van der Waals surface area contributed by atoms with Gasteiger partial charge in [0.25, 0.3) is 0 Å². The maximum atomic E-state index is 11.4. The summed E-state index contributed by atoms with van der Waals surface area (Å²) < 4.78 is 4.77. The molecule has 0 bridgehead atoms. The zero-order valence-electron chi connectivity index (χ0n) is 9.74. The molecular formula is C11H22N2O2. The number of nitrogens with zero attached hydrogens (tertiary/aromatic N) is 1. The van der Waals surface area contributed by atoms with Gasteiger partial charge in [0.05, 0.1) is 13.0 Å². The lowest BCUT2D eigenvalue weighted by molar-refractivity contribution is -0.145. The first-order valence-corrected chi connectivity index (χ1v) is 5.74. The van der Waals surface area contributed by atoms with Gasteiger partial charge in [-0.05, 0) is 32.4 Å². The van der Waals surface area contributed by atoms with Crippen molar-refractivity contribution < 1.29 is 9.53 Å². The molecule has 1 saturated heterocycles. The number of carbonyl (C=O) groups is 1. The molecule has 0 aromatic heterocycles. The molecule has 15 heavy (non-hydrogen) atoms. The Kier molecular flexibility index (Phi) is 5.05. The quantitative estimate of drug-likeness (QED) is 0.681. The van der Waals surface area contributed by atoms with Crippen LogP contribution in [0.2, 0.25) is 0 Å². The summed E-state index contributed by atoms with van der Waals surface area (Å²) in [5.41, 5.74) is 5.57. The average molecular weight is 214 g/mol. The molecule has 0 aliphatic carbocycles. The van der Waals surface area contributed by atoms with E-state index in [-0.39, 0.29) is 11.9 Å². The van der Waals surface area contributed by atoms with E-state index in [1.807, 2.05) is 0 Å². The van der Waals surface area contributed by atoms with Gasteiger partial charge in [0, 0.05) is 12.6 Å². The zero-order chi connectivity index (χ0) is 11.3. The molecule has 1 fully saturated rings. The summed E-state index contributed by atoms with van der Waals surface area (Å²) >= 11 is 0. The Hall–Kier alpha value is -0.610. The predicted molar refractivity (Wildman–Crippen MR) is 59.4 cm³/mol. The number of carbonyl (C=O) groups excluding carboxylic acids is 1. The van der Waals surface area contributed by atoms with Crippen LogP contribution >= 0.6 is 0 Å². The molecule has 2 N–H and O–H groups in total. The fraction of sp³-hybridized carbons (Fsp3) is 0.909. The Morgan fingerprint density at radius 1 is 1.67 bits per heavy atom. The second-order valence-electron chi connectivity index (χ2n) is 4.14. The Morgan fingerprint density at radius 2 is 2.40 bits per heavy atom. The van der Waals surface area contributed by atoms with E-state index in [1.54, 1.807) is 0 Å². The number of esters is 1. The fourth-order valence-electron chi connectivity index (χ4n) is 2.32. The van der Waals surface area contributed by atoms with Crippen LogP contribution < -0.4 is 5.73 Å². The van der Waals surface area contributed by atoms with E-state index in [2.05, 4.69) is 11.8 Å². The van der Waals surface area contributed by atoms with E-state index in [9.17, 15) is 4.79 Å². The molecule has 0 amide bonds. The SMILES string of the molecule is CCC(CCN)N1CCC(C(=O)OC)C1. The van der Waals surface area contributed by atoms with E-state index in [0.29, 0.717) is 6.04 Å². The molecule has 1 heterocycles. The van der Waals surface area contributed by atoms with Crippen LogP contribution in [0.25, 0.3) is 0 Å². The van der Waals surface area contributed by atoms with E-state index >= 15 is 0 Å². The molecule has 88 valence electrons. The Bertz CT molecular complexity index is 209. The predicted octanol–water partition coefficient (Wildman–Crippen LogP) is 0.609. The standard InChI is InChI=1S/C11H22N2O2/c1-3-10(4-6-12)13-7-5-9(8-13)11(14)15-2/h9-10H,3-8,12H2,1-2H3. The molecule has 0 spiro atoms. The second kappa shape index (κ2) is 6.08. The summed E-state index contributed by atoms with van der Waals surface area (Å²) in [6, 6.07) is 0.532. The van der Waals surface area contributed by atoms with Gasteiger partial charge in [0.1, 0.15) is 0 Å². The van der Waals surface area contributed by atoms with Crippen molar-refractivity contribution in [3.05, 3.63) is 0 Å². The van der Waals surface area contributed by atoms with Crippen LogP contribution in [0.15, 0.2) is 0 Å². The highest BCUT2D eigenvalue weighted by molar-refractivity contribution is 5.72. The topological polar surface area (TPSA) is 55.6 Å². The normalized spacial score (nSPS) is 24.1. The average Bonchev–Trinajstić information content (AvgIpc) is 2.73. The number of methoxy groups -OCH3 is 1. The molecule has 1 aliphatic heterocycles. The van der Waals surface area contributed by atoms with Crippen molar-refractivity contribution in [1.29, 1.82) is 0 Å². The van der Waals surface area contributed by atoms with Crippen LogP contribution in [0.1, 0.15) is 26.2 Å². The Morgan fingerprint density at radius 3 is 2.93 bits per heavy atom. The summed E-state index contributed by atoms with van der Waals surface area (Å²) in [4.78, 5) is 13.7. The molecular weight excluding hydrogens is 192 g/mol. The minimum Gasteiger partial charge on any atom is -0.469 e. The van der Waals surface area contributed by atoms with E-state index in [4.69, 9.17) is 10.5 Å². The maximum Gasteiger partial charge on any atom is 0.310 e. The van der Waals surface area contributed by atoms with Crippen LogP contribution in [-0.2, 0) is 9.53 Å². The van der Waals surface area contributed by atoms with Crippen LogP contribution in [0.4, 0.5) is 0 Å². The highest BCUT2D eigenvalue weighted by atomic mass is 16.5. The second-order valence-corrected chi connectivity index (χ2v) is 4.14. The van der Waals surface area contributed by atoms with Gasteiger partial charge in [-0.3, -0.25) is 9.69 Å².